The van der Waals surface area contributed by atoms with Gasteiger partial charge in [-0.2, -0.15) is 0 Å². The average molecular weight is 405 g/mol. The maximum absolute atomic E-state index is 14.3. The third kappa shape index (κ3) is 4.28. The van der Waals surface area contributed by atoms with E-state index in [2.05, 4.69) is 15.8 Å². The molecule has 4 N–H and O–H groups in total. The van der Waals surface area contributed by atoms with Crippen molar-refractivity contribution in [3.05, 3.63) is 53.0 Å². The summed E-state index contributed by atoms with van der Waals surface area (Å²) in [6.45, 7) is 2.88. The molecule has 0 radical (unpaired) electrons. The van der Waals surface area contributed by atoms with Crippen LogP contribution < -0.4 is 10.8 Å². The van der Waals surface area contributed by atoms with Crippen molar-refractivity contribution in [2.75, 3.05) is 18.5 Å². The van der Waals surface area contributed by atoms with E-state index < -0.39 is 24.4 Å². The molecule has 0 bridgehead atoms. The Morgan fingerprint density at radius 2 is 2.14 bits per heavy atom. The summed E-state index contributed by atoms with van der Waals surface area (Å²) in [5, 5.41) is 22.2. The molecule has 1 aromatic carbocycles. The fourth-order valence-corrected chi connectivity index (χ4v) is 3.76. The lowest BCUT2D eigenvalue weighted by Gasteiger charge is -2.11. The van der Waals surface area contributed by atoms with Crippen molar-refractivity contribution in [3.8, 4) is 0 Å². The topological polar surface area (TPSA) is 104 Å². The molecule has 0 aliphatic heterocycles. The average Bonchev–Trinajstić information content (AvgIpc) is 3.03. The molecule has 3 aromatic rings. The van der Waals surface area contributed by atoms with Gasteiger partial charge >= 0.3 is 0 Å². The van der Waals surface area contributed by atoms with Gasteiger partial charge in [0.15, 0.2) is 0 Å². The lowest BCUT2D eigenvalue weighted by molar-refractivity contribution is -0.0294. The summed E-state index contributed by atoms with van der Waals surface area (Å²) in [7, 11) is 0. The van der Waals surface area contributed by atoms with Crippen LogP contribution in [0.4, 0.5) is 15.1 Å². The molecule has 1 atom stereocenters. The standard InChI is InChI=1S/C19H20FN3O4S/c1-10-3-4-14(13(20)7-10)22-19-16(17(26)23-27-9-12(25)8-24)15-11(2)5-6-21-18(15)28-19/h3-7,12,22,24-25H,8-9H2,1-2H3,(H,23,26)/t12-/m1/s1. The summed E-state index contributed by atoms with van der Waals surface area (Å²) in [4.78, 5) is 22.7. The first kappa shape index (κ1) is 20.2. The van der Waals surface area contributed by atoms with Crippen molar-refractivity contribution in [1.29, 1.82) is 0 Å². The molecule has 0 spiro atoms. The zero-order chi connectivity index (χ0) is 20.3. The number of benzene rings is 1. The van der Waals surface area contributed by atoms with Crippen LogP contribution in [0.3, 0.4) is 0 Å². The molecular weight excluding hydrogens is 385 g/mol. The minimum Gasteiger partial charge on any atom is -0.394 e. The van der Waals surface area contributed by atoms with Gasteiger partial charge in [0, 0.05) is 11.6 Å². The van der Waals surface area contributed by atoms with E-state index >= 15 is 0 Å². The Labute approximate surface area is 164 Å². The normalized spacial score (nSPS) is 12.2. The Balaban J connectivity index is 1.96. The second-order valence-electron chi connectivity index (χ2n) is 6.30. The van der Waals surface area contributed by atoms with Crippen molar-refractivity contribution >= 4 is 38.1 Å². The second-order valence-corrected chi connectivity index (χ2v) is 7.30. The fourth-order valence-electron chi connectivity index (χ4n) is 2.63. The number of halogens is 1. The summed E-state index contributed by atoms with van der Waals surface area (Å²) in [5.41, 5.74) is 4.37. The highest BCUT2D eigenvalue weighted by atomic mass is 32.1. The van der Waals surface area contributed by atoms with Gasteiger partial charge in [0.05, 0.1) is 17.9 Å². The summed E-state index contributed by atoms with van der Waals surface area (Å²) in [6, 6.07) is 6.54. The third-order valence-corrected chi connectivity index (χ3v) is 5.06. The number of aryl methyl sites for hydroxylation is 2. The molecule has 0 fully saturated rings. The summed E-state index contributed by atoms with van der Waals surface area (Å²) < 4.78 is 14.3. The molecular formula is C19H20FN3O4S. The highest BCUT2D eigenvalue weighted by Crippen LogP contribution is 2.38. The molecule has 9 heteroatoms. The van der Waals surface area contributed by atoms with Gasteiger partial charge in [-0.15, -0.1) is 0 Å². The number of hydrogen-bond acceptors (Lipinski definition) is 7. The van der Waals surface area contributed by atoms with Gasteiger partial charge in [-0.1, -0.05) is 17.4 Å². The monoisotopic (exact) mass is 405 g/mol. The van der Waals surface area contributed by atoms with Gasteiger partial charge in [-0.3, -0.25) is 9.63 Å². The number of carbonyl (C=O) groups excluding carboxylic acids is 1. The SMILES string of the molecule is Cc1ccc(Nc2sc3nccc(C)c3c2C(=O)NOC[C@H](O)CO)c(F)c1. The Bertz CT molecular complexity index is 1010. The number of rotatable bonds is 7. The number of nitrogens with zero attached hydrogens (tertiary/aromatic N) is 1. The van der Waals surface area contributed by atoms with E-state index in [1.807, 2.05) is 6.92 Å². The van der Waals surface area contributed by atoms with Gasteiger partial charge in [0.1, 0.15) is 28.4 Å². The van der Waals surface area contributed by atoms with Gasteiger partial charge in [-0.25, -0.2) is 14.9 Å². The van der Waals surface area contributed by atoms with Crippen LogP contribution >= 0.6 is 11.3 Å². The van der Waals surface area contributed by atoms with Crippen molar-refractivity contribution in [1.82, 2.24) is 10.5 Å². The van der Waals surface area contributed by atoms with Crippen LogP contribution in [0.15, 0.2) is 30.5 Å². The first-order valence-corrected chi connectivity index (χ1v) is 9.34. The molecule has 2 heterocycles. The van der Waals surface area contributed by atoms with Gasteiger partial charge in [-0.05, 0) is 43.2 Å². The summed E-state index contributed by atoms with van der Waals surface area (Å²) >= 11 is 1.22. The van der Waals surface area contributed by atoms with Gasteiger partial charge in [0.25, 0.3) is 5.91 Å². The summed E-state index contributed by atoms with van der Waals surface area (Å²) in [6.07, 6.45) is 0.530. The number of carbonyl (C=O) groups is 1. The van der Waals surface area contributed by atoms with Crippen molar-refractivity contribution in [2.24, 2.45) is 0 Å². The van der Waals surface area contributed by atoms with E-state index in [-0.39, 0.29) is 17.9 Å². The van der Waals surface area contributed by atoms with Crippen molar-refractivity contribution < 1.29 is 24.2 Å². The Morgan fingerprint density at radius 1 is 1.36 bits per heavy atom. The first-order valence-electron chi connectivity index (χ1n) is 8.53. The first-order chi connectivity index (χ1) is 13.4. The lowest BCUT2D eigenvalue weighted by Crippen LogP contribution is -2.30. The lowest BCUT2D eigenvalue weighted by atomic mass is 10.1. The molecule has 0 aliphatic carbocycles. The number of aliphatic hydroxyl groups is 2. The van der Waals surface area contributed by atoms with E-state index in [9.17, 15) is 14.3 Å². The zero-order valence-corrected chi connectivity index (χ0v) is 16.1. The highest BCUT2D eigenvalue weighted by molar-refractivity contribution is 7.23. The predicted octanol–water partition coefficient (Wildman–Crippen LogP) is 2.81. The molecule has 3 rings (SSSR count). The Hall–Kier alpha value is -2.59. The van der Waals surface area contributed by atoms with Gasteiger partial charge < -0.3 is 15.5 Å². The number of pyridine rings is 1. The molecule has 2 aromatic heterocycles. The van der Waals surface area contributed by atoms with E-state index in [1.54, 1.807) is 31.3 Å². The molecule has 0 saturated heterocycles. The van der Waals surface area contributed by atoms with E-state index in [0.29, 0.717) is 15.2 Å². The molecule has 1 amide bonds. The van der Waals surface area contributed by atoms with E-state index in [1.165, 1.54) is 17.4 Å². The predicted molar refractivity (Wildman–Crippen MR) is 105 cm³/mol. The van der Waals surface area contributed by atoms with E-state index in [0.717, 1.165) is 11.1 Å². The maximum atomic E-state index is 14.3. The number of aromatic nitrogens is 1. The number of fused-ring (bicyclic) bond motifs is 1. The Kier molecular flexibility index (Phi) is 6.20. The van der Waals surface area contributed by atoms with Crippen LogP contribution in [0.1, 0.15) is 21.5 Å². The minimum absolute atomic E-state index is 0.237. The quantitative estimate of drug-likeness (QED) is 0.451. The molecule has 7 nitrogen and oxygen atoms in total. The number of aliphatic hydroxyl groups excluding tert-OH is 2. The summed E-state index contributed by atoms with van der Waals surface area (Å²) in [5.74, 6) is -1.00. The van der Waals surface area contributed by atoms with Crippen LogP contribution in [0.2, 0.25) is 0 Å². The van der Waals surface area contributed by atoms with Crippen LogP contribution in [0.25, 0.3) is 10.2 Å². The highest BCUT2D eigenvalue weighted by Gasteiger charge is 2.22. The number of nitrogens with one attached hydrogen (secondary N) is 2. The molecule has 0 aliphatic rings. The Morgan fingerprint density at radius 3 is 2.86 bits per heavy atom. The number of amides is 1. The minimum atomic E-state index is -1.11. The zero-order valence-electron chi connectivity index (χ0n) is 15.3. The second kappa shape index (κ2) is 8.61. The van der Waals surface area contributed by atoms with E-state index in [4.69, 9.17) is 9.94 Å². The van der Waals surface area contributed by atoms with Crippen molar-refractivity contribution in [3.63, 3.8) is 0 Å². The van der Waals surface area contributed by atoms with Crippen molar-refractivity contribution in [2.45, 2.75) is 20.0 Å². The number of hydrogen-bond donors (Lipinski definition) is 4. The smallest absolute Gasteiger partial charge is 0.278 e. The van der Waals surface area contributed by atoms with Crippen LogP contribution in [0, 0.1) is 19.7 Å². The molecule has 28 heavy (non-hydrogen) atoms. The van der Waals surface area contributed by atoms with Gasteiger partial charge in [0.2, 0.25) is 0 Å². The van der Waals surface area contributed by atoms with Crippen LogP contribution in [-0.2, 0) is 4.84 Å². The number of thiophene rings is 1. The number of anilines is 2. The molecule has 148 valence electrons. The van der Waals surface area contributed by atoms with Crippen LogP contribution in [0.5, 0.6) is 0 Å². The third-order valence-electron chi connectivity index (χ3n) is 4.05. The fraction of sp³-hybridized carbons (Fsp3) is 0.263. The molecule has 0 saturated carbocycles. The van der Waals surface area contributed by atoms with Crippen LogP contribution in [-0.4, -0.2) is 40.4 Å². The molecule has 0 unspecified atom stereocenters. The number of hydroxylamine groups is 1. The maximum Gasteiger partial charge on any atom is 0.278 e. The largest absolute Gasteiger partial charge is 0.394 e.